The molecule has 5 heteroatoms. The maximum atomic E-state index is 5.58. The Balaban J connectivity index is 2.19. The molecular weight excluding hydrogens is 288 g/mol. The minimum atomic E-state index is 0.591. The lowest BCUT2D eigenvalue weighted by atomic mass is 10.0. The number of ether oxygens (including phenoxy) is 1. The van der Waals surface area contributed by atoms with Crippen molar-refractivity contribution in [3.8, 4) is 0 Å². The van der Waals surface area contributed by atoms with Gasteiger partial charge in [0.15, 0.2) is 5.96 Å². The maximum Gasteiger partial charge on any atom is 0.191 e. The van der Waals surface area contributed by atoms with Gasteiger partial charge in [-0.3, -0.25) is 9.89 Å². The smallest absolute Gasteiger partial charge is 0.191 e. The first-order chi connectivity index (χ1) is 11.2. The standard InChI is InChI=1S/C18H38N4O/c1-5-6-13-23-14-9-10-20-18(19-4)21-15-17(16(2)3)22-11-7-8-12-22/h16-17H,5-15H2,1-4H3,(H2,19,20,21). The van der Waals surface area contributed by atoms with Crippen LogP contribution in [0.4, 0.5) is 0 Å². The van der Waals surface area contributed by atoms with Gasteiger partial charge >= 0.3 is 0 Å². The highest BCUT2D eigenvalue weighted by Crippen LogP contribution is 2.16. The third-order valence-electron chi connectivity index (χ3n) is 4.48. The van der Waals surface area contributed by atoms with Gasteiger partial charge in [0.05, 0.1) is 0 Å². The summed E-state index contributed by atoms with van der Waals surface area (Å²) in [6, 6.07) is 0.591. The van der Waals surface area contributed by atoms with Gasteiger partial charge in [-0.25, -0.2) is 0 Å². The van der Waals surface area contributed by atoms with E-state index in [-0.39, 0.29) is 0 Å². The summed E-state index contributed by atoms with van der Waals surface area (Å²) in [6.07, 6.45) is 6.05. The minimum Gasteiger partial charge on any atom is -0.381 e. The second-order valence-electron chi connectivity index (χ2n) is 6.75. The van der Waals surface area contributed by atoms with E-state index in [1.165, 1.54) is 32.4 Å². The minimum absolute atomic E-state index is 0.591. The van der Waals surface area contributed by atoms with E-state index in [2.05, 4.69) is 41.3 Å². The zero-order chi connectivity index (χ0) is 16.9. The predicted molar refractivity (Wildman–Crippen MR) is 99.1 cm³/mol. The fourth-order valence-corrected chi connectivity index (χ4v) is 3.01. The Bertz CT molecular complexity index is 314. The Morgan fingerprint density at radius 2 is 1.83 bits per heavy atom. The summed E-state index contributed by atoms with van der Waals surface area (Å²) >= 11 is 0. The largest absolute Gasteiger partial charge is 0.381 e. The molecule has 1 saturated heterocycles. The molecule has 2 N–H and O–H groups in total. The van der Waals surface area contributed by atoms with Gasteiger partial charge in [-0.2, -0.15) is 0 Å². The second kappa shape index (κ2) is 12.6. The van der Waals surface area contributed by atoms with E-state index in [1.807, 2.05) is 7.05 Å². The molecule has 0 aromatic rings. The Morgan fingerprint density at radius 3 is 2.43 bits per heavy atom. The third-order valence-corrected chi connectivity index (χ3v) is 4.48. The Hall–Kier alpha value is -0.810. The van der Waals surface area contributed by atoms with Crippen molar-refractivity contribution in [2.45, 2.75) is 58.9 Å². The van der Waals surface area contributed by atoms with E-state index in [4.69, 9.17) is 4.74 Å². The van der Waals surface area contributed by atoms with Gasteiger partial charge in [0, 0.05) is 39.4 Å². The van der Waals surface area contributed by atoms with Crippen molar-refractivity contribution in [1.82, 2.24) is 15.5 Å². The summed E-state index contributed by atoms with van der Waals surface area (Å²) in [7, 11) is 1.84. The molecule has 0 amide bonds. The molecule has 1 fully saturated rings. The van der Waals surface area contributed by atoms with E-state index in [1.54, 1.807) is 0 Å². The molecule has 0 aliphatic carbocycles. The van der Waals surface area contributed by atoms with Crippen molar-refractivity contribution in [2.24, 2.45) is 10.9 Å². The van der Waals surface area contributed by atoms with Crippen molar-refractivity contribution < 1.29 is 4.74 Å². The predicted octanol–water partition coefficient (Wildman–Crippen LogP) is 2.48. The van der Waals surface area contributed by atoms with E-state index < -0.39 is 0 Å². The van der Waals surface area contributed by atoms with Crippen LogP contribution in [-0.2, 0) is 4.74 Å². The number of guanidine groups is 1. The molecule has 136 valence electrons. The van der Waals surface area contributed by atoms with Gasteiger partial charge in [0.25, 0.3) is 0 Å². The molecule has 1 unspecified atom stereocenters. The summed E-state index contributed by atoms with van der Waals surface area (Å²) in [5.74, 6) is 1.56. The number of unbranched alkanes of at least 4 members (excludes halogenated alkanes) is 1. The maximum absolute atomic E-state index is 5.58. The second-order valence-corrected chi connectivity index (χ2v) is 6.75. The lowest BCUT2D eigenvalue weighted by Crippen LogP contribution is -2.48. The lowest BCUT2D eigenvalue weighted by molar-refractivity contribution is 0.129. The van der Waals surface area contributed by atoms with Crippen molar-refractivity contribution >= 4 is 5.96 Å². The van der Waals surface area contributed by atoms with Crippen molar-refractivity contribution in [1.29, 1.82) is 0 Å². The lowest BCUT2D eigenvalue weighted by Gasteiger charge is -2.31. The van der Waals surface area contributed by atoms with E-state index in [9.17, 15) is 0 Å². The summed E-state index contributed by atoms with van der Waals surface area (Å²) in [5, 5.41) is 6.88. The number of nitrogens with one attached hydrogen (secondary N) is 2. The van der Waals surface area contributed by atoms with Crippen LogP contribution in [-0.4, -0.2) is 63.3 Å². The van der Waals surface area contributed by atoms with E-state index in [0.29, 0.717) is 12.0 Å². The average Bonchev–Trinajstić information content (AvgIpc) is 3.06. The van der Waals surface area contributed by atoms with Crippen LogP contribution in [0, 0.1) is 5.92 Å². The molecule has 0 saturated carbocycles. The normalized spacial score (nSPS) is 17.7. The van der Waals surface area contributed by atoms with Gasteiger partial charge in [-0.15, -0.1) is 0 Å². The van der Waals surface area contributed by atoms with Gasteiger partial charge < -0.3 is 15.4 Å². The number of rotatable bonds is 11. The number of nitrogens with zero attached hydrogens (tertiary/aromatic N) is 2. The highest BCUT2D eigenvalue weighted by Gasteiger charge is 2.24. The molecular formula is C18H38N4O. The molecule has 0 aromatic heterocycles. The zero-order valence-electron chi connectivity index (χ0n) is 15.7. The molecule has 5 nitrogen and oxygen atoms in total. The summed E-state index contributed by atoms with van der Waals surface area (Å²) < 4.78 is 5.58. The van der Waals surface area contributed by atoms with Crippen LogP contribution in [0.15, 0.2) is 4.99 Å². The monoisotopic (exact) mass is 326 g/mol. The van der Waals surface area contributed by atoms with Crippen LogP contribution in [0.25, 0.3) is 0 Å². The van der Waals surface area contributed by atoms with Gasteiger partial charge in [-0.1, -0.05) is 27.2 Å². The van der Waals surface area contributed by atoms with E-state index >= 15 is 0 Å². The van der Waals surface area contributed by atoms with E-state index in [0.717, 1.165) is 45.1 Å². The van der Waals surface area contributed by atoms with Crippen LogP contribution in [0.3, 0.4) is 0 Å². The molecule has 0 spiro atoms. The van der Waals surface area contributed by atoms with Gasteiger partial charge in [0.1, 0.15) is 0 Å². The average molecular weight is 327 g/mol. The SMILES string of the molecule is CCCCOCCCNC(=NC)NCC(C(C)C)N1CCCC1. The fourth-order valence-electron chi connectivity index (χ4n) is 3.01. The first-order valence-electron chi connectivity index (χ1n) is 9.45. The molecule has 1 atom stereocenters. The summed E-state index contributed by atoms with van der Waals surface area (Å²) in [5.41, 5.74) is 0. The Labute approximate surface area is 143 Å². The molecule has 23 heavy (non-hydrogen) atoms. The first kappa shape index (κ1) is 20.2. The van der Waals surface area contributed by atoms with Crippen molar-refractivity contribution in [3.05, 3.63) is 0 Å². The molecule has 1 aliphatic rings. The topological polar surface area (TPSA) is 48.9 Å². The highest BCUT2D eigenvalue weighted by atomic mass is 16.5. The number of hydrogen-bond acceptors (Lipinski definition) is 3. The Kier molecular flexibility index (Phi) is 11.1. The zero-order valence-corrected chi connectivity index (χ0v) is 15.7. The van der Waals surface area contributed by atoms with Crippen LogP contribution < -0.4 is 10.6 Å². The molecule has 1 heterocycles. The summed E-state index contributed by atoms with van der Waals surface area (Å²) in [6.45, 7) is 12.9. The highest BCUT2D eigenvalue weighted by molar-refractivity contribution is 5.79. The number of aliphatic imine (C=N–C) groups is 1. The fraction of sp³-hybridized carbons (Fsp3) is 0.944. The van der Waals surface area contributed by atoms with Crippen LogP contribution in [0.2, 0.25) is 0 Å². The molecule has 1 aliphatic heterocycles. The van der Waals surface area contributed by atoms with Crippen molar-refractivity contribution in [2.75, 3.05) is 46.4 Å². The molecule has 1 rings (SSSR count). The Morgan fingerprint density at radius 1 is 1.13 bits per heavy atom. The molecule has 0 bridgehead atoms. The third kappa shape index (κ3) is 8.56. The van der Waals surface area contributed by atoms with Crippen molar-refractivity contribution in [3.63, 3.8) is 0 Å². The molecule has 0 aromatic carbocycles. The van der Waals surface area contributed by atoms with Crippen LogP contribution >= 0.6 is 0 Å². The number of hydrogen-bond donors (Lipinski definition) is 2. The first-order valence-corrected chi connectivity index (χ1v) is 9.45. The van der Waals surface area contributed by atoms with Crippen LogP contribution in [0.1, 0.15) is 52.9 Å². The van der Waals surface area contributed by atoms with Crippen LogP contribution in [0.5, 0.6) is 0 Å². The molecule has 0 radical (unpaired) electrons. The van der Waals surface area contributed by atoms with Gasteiger partial charge in [-0.05, 0) is 44.7 Å². The number of likely N-dealkylation sites (tertiary alicyclic amines) is 1. The summed E-state index contributed by atoms with van der Waals surface area (Å²) in [4.78, 5) is 6.95. The van der Waals surface area contributed by atoms with Gasteiger partial charge in [0.2, 0.25) is 0 Å². The quantitative estimate of drug-likeness (QED) is 0.348.